The highest BCUT2D eigenvalue weighted by Gasteiger charge is 2.28. The molecule has 9 heteroatoms. The van der Waals surface area contributed by atoms with Crippen LogP contribution in [0.3, 0.4) is 0 Å². The van der Waals surface area contributed by atoms with Crippen LogP contribution in [0.15, 0.2) is 54.7 Å². The van der Waals surface area contributed by atoms with Gasteiger partial charge < -0.3 is 24.9 Å². The third-order valence-electron chi connectivity index (χ3n) is 5.76. The van der Waals surface area contributed by atoms with Gasteiger partial charge in [-0.25, -0.2) is 8.78 Å². The quantitative estimate of drug-likeness (QED) is 0.212. The van der Waals surface area contributed by atoms with Gasteiger partial charge in [-0.05, 0) is 41.8 Å². The first-order valence-electron chi connectivity index (χ1n) is 11.3. The summed E-state index contributed by atoms with van der Waals surface area (Å²) < 4.78 is 39.2. The van der Waals surface area contributed by atoms with Crippen molar-refractivity contribution in [1.29, 1.82) is 0 Å². The number of Topliss-reactive ketones (excluding diaryl/α,β-unsaturated/α-hetero) is 1. The molecule has 36 heavy (non-hydrogen) atoms. The van der Waals surface area contributed by atoms with Crippen LogP contribution in [0.25, 0.3) is 10.9 Å². The number of anilines is 1. The summed E-state index contributed by atoms with van der Waals surface area (Å²) in [5.41, 5.74) is 1.49. The number of methoxy groups -OCH3 is 1. The van der Waals surface area contributed by atoms with Crippen molar-refractivity contribution < 1.29 is 28.2 Å². The molecule has 4 aromatic rings. The van der Waals surface area contributed by atoms with E-state index in [9.17, 15) is 18.7 Å². The summed E-state index contributed by atoms with van der Waals surface area (Å²) in [6, 6.07) is 11.3. The zero-order valence-electron chi connectivity index (χ0n) is 19.7. The number of hydrogen-bond acceptors (Lipinski definition) is 5. The lowest BCUT2D eigenvalue weighted by atomic mass is 9.93. The summed E-state index contributed by atoms with van der Waals surface area (Å²) in [7, 11) is 1.52. The first-order valence-corrected chi connectivity index (χ1v) is 11.7. The van der Waals surface area contributed by atoms with Gasteiger partial charge in [0.05, 0.1) is 25.8 Å². The monoisotopic (exact) mass is 514 g/mol. The lowest BCUT2D eigenvalue weighted by Gasteiger charge is -2.22. The van der Waals surface area contributed by atoms with Crippen molar-refractivity contribution in [2.24, 2.45) is 0 Å². The van der Waals surface area contributed by atoms with Crippen LogP contribution in [0, 0.1) is 11.6 Å². The van der Waals surface area contributed by atoms with Crippen molar-refractivity contribution in [2.45, 2.75) is 26.0 Å². The Morgan fingerprint density at radius 1 is 1.14 bits per heavy atom. The largest absolute Gasteiger partial charge is 0.497 e. The Morgan fingerprint density at radius 3 is 2.64 bits per heavy atom. The molecule has 0 saturated carbocycles. The van der Waals surface area contributed by atoms with Crippen LogP contribution in [-0.4, -0.2) is 29.6 Å². The minimum atomic E-state index is -1.07. The number of rotatable bonds is 10. The van der Waals surface area contributed by atoms with Crippen molar-refractivity contribution in [2.75, 3.05) is 19.0 Å². The number of halogens is 3. The summed E-state index contributed by atoms with van der Waals surface area (Å²) in [5, 5.41) is 13.8. The molecule has 1 aromatic heterocycles. The van der Waals surface area contributed by atoms with E-state index in [1.165, 1.54) is 19.4 Å². The molecule has 3 N–H and O–H groups in total. The van der Waals surface area contributed by atoms with Crippen molar-refractivity contribution in [3.8, 4) is 11.5 Å². The van der Waals surface area contributed by atoms with Gasteiger partial charge in [-0.3, -0.25) is 4.79 Å². The van der Waals surface area contributed by atoms with Gasteiger partial charge in [-0.1, -0.05) is 24.6 Å². The molecular formula is C27H25ClF2N2O4. The summed E-state index contributed by atoms with van der Waals surface area (Å²) in [4.78, 5) is 16.6. The minimum absolute atomic E-state index is 0.104. The Balaban J connectivity index is 1.82. The number of fused-ring (bicyclic) bond motifs is 1. The number of hydrogen-bond donors (Lipinski definition) is 3. The van der Waals surface area contributed by atoms with Gasteiger partial charge in [0.2, 0.25) is 0 Å². The molecule has 0 aliphatic rings. The van der Waals surface area contributed by atoms with Crippen LogP contribution in [-0.2, 0) is 6.61 Å². The molecule has 4 rings (SSSR count). The SMILES string of the molecule is CCCOc1cc(NC(C(=O)c2c[nH]c3c(F)c(F)ccc23)c2ccc(Cl)cc2CO)cc(OC)c1. The van der Waals surface area contributed by atoms with E-state index < -0.39 is 23.5 Å². The topological polar surface area (TPSA) is 83.6 Å². The van der Waals surface area contributed by atoms with Crippen molar-refractivity contribution >= 4 is 34.0 Å². The second-order valence-electron chi connectivity index (χ2n) is 8.17. The van der Waals surface area contributed by atoms with Crippen LogP contribution in [0.2, 0.25) is 5.02 Å². The molecule has 1 heterocycles. The maximum Gasteiger partial charge on any atom is 0.191 e. The van der Waals surface area contributed by atoms with Gasteiger partial charge >= 0.3 is 0 Å². The summed E-state index contributed by atoms with van der Waals surface area (Å²) in [5.74, 6) is -1.45. The fourth-order valence-corrected chi connectivity index (χ4v) is 4.21. The van der Waals surface area contributed by atoms with Crippen molar-refractivity contribution in [3.05, 3.63) is 88.1 Å². The van der Waals surface area contributed by atoms with E-state index in [2.05, 4.69) is 10.3 Å². The zero-order valence-corrected chi connectivity index (χ0v) is 20.5. The zero-order chi connectivity index (χ0) is 25.8. The highest BCUT2D eigenvalue weighted by molar-refractivity contribution is 6.30. The van der Waals surface area contributed by atoms with E-state index in [0.717, 1.165) is 12.5 Å². The van der Waals surface area contributed by atoms with Crippen LogP contribution < -0.4 is 14.8 Å². The first kappa shape index (κ1) is 25.5. The van der Waals surface area contributed by atoms with Gasteiger partial charge in [-0.2, -0.15) is 0 Å². The number of nitrogens with one attached hydrogen (secondary N) is 2. The highest BCUT2D eigenvalue weighted by atomic mass is 35.5. The lowest BCUT2D eigenvalue weighted by Crippen LogP contribution is -2.23. The van der Waals surface area contributed by atoms with Crippen molar-refractivity contribution in [3.63, 3.8) is 0 Å². The summed E-state index contributed by atoms with van der Waals surface area (Å²) >= 11 is 6.13. The normalized spacial score (nSPS) is 11.9. The number of aliphatic hydroxyl groups excluding tert-OH is 1. The Morgan fingerprint density at radius 2 is 1.92 bits per heavy atom. The fourth-order valence-electron chi connectivity index (χ4n) is 4.02. The third kappa shape index (κ3) is 5.15. The number of carbonyl (C=O) groups is 1. The smallest absolute Gasteiger partial charge is 0.191 e. The maximum atomic E-state index is 14.3. The molecule has 6 nitrogen and oxygen atoms in total. The molecule has 0 aliphatic carbocycles. The number of benzene rings is 3. The maximum absolute atomic E-state index is 14.3. The van der Waals surface area contributed by atoms with E-state index in [1.807, 2.05) is 6.92 Å². The average Bonchev–Trinajstić information content (AvgIpc) is 3.32. The number of H-pyrrole nitrogens is 1. The molecule has 188 valence electrons. The van der Waals surface area contributed by atoms with E-state index in [1.54, 1.807) is 36.4 Å². The predicted octanol–water partition coefficient (Wildman–Crippen LogP) is 6.43. The minimum Gasteiger partial charge on any atom is -0.497 e. The van der Waals surface area contributed by atoms with Gasteiger partial charge in [-0.15, -0.1) is 0 Å². The Labute approximate surface area is 211 Å². The Bertz CT molecular complexity index is 1410. The van der Waals surface area contributed by atoms with Gasteiger partial charge in [0.15, 0.2) is 17.4 Å². The molecule has 1 atom stereocenters. The van der Waals surface area contributed by atoms with Gasteiger partial charge in [0, 0.05) is 46.1 Å². The Hall–Kier alpha value is -3.62. The van der Waals surface area contributed by atoms with Gasteiger partial charge in [0.25, 0.3) is 0 Å². The van der Waals surface area contributed by atoms with Crippen LogP contribution >= 0.6 is 11.6 Å². The van der Waals surface area contributed by atoms with E-state index in [0.29, 0.717) is 39.9 Å². The lowest BCUT2D eigenvalue weighted by molar-refractivity contribution is 0.0970. The molecular weight excluding hydrogens is 490 g/mol. The molecule has 0 fully saturated rings. The molecule has 0 spiro atoms. The molecule has 0 amide bonds. The first-order chi connectivity index (χ1) is 17.4. The molecule has 0 radical (unpaired) electrons. The van der Waals surface area contributed by atoms with Crippen molar-refractivity contribution in [1.82, 2.24) is 4.98 Å². The van der Waals surface area contributed by atoms with E-state index in [4.69, 9.17) is 21.1 Å². The van der Waals surface area contributed by atoms with E-state index >= 15 is 0 Å². The molecule has 0 aliphatic heterocycles. The predicted molar refractivity (Wildman–Crippen MR) is 135 cm³/mol. The second-order valence-corrected chi connectivity index (χ2v) is 8.61. The van der Waals surface area contributed by atoms with Crippen LogP contribution in [0.4, 0.5) is 14.5 Å². The molecule has 0 saturated heterocycles. The fraction of sp³-hybridized carbons (Fsp3) is 0.222. The molecule has 3 aromatic carbocycles. The summed E-state index contributed by atoms with van der Waals surface area (Å²) in [6.07, 6.45) is 2.16. The Kier molecular flexibility index (Phi) is 7.76. The number of aliphatic hydroxyl groups is 1. The number of carbonyl (C=O) groups excluding carboxylic acids is 1. The third-order valence-corrected chi connectivity index (χ3v) is 5.99. The number of ketones is 1. The van der Waals surface area contributed by atoms with Crippen LogP contribution in [0.5, 0.6) is 11.5 Å². The highest BCUT2D eigenvalue weighted by Crippen LogP contribution is 2.34. The molecule has 1 unspecified atom stereocenters. The standard InChI is InChI=1S/C27H25ClF2N2O4/c1-3-8-36-19-11-17(10-18(12-19)35-2)32-26(20-5-4-16(28)9-15(20)14-33)27(34)22-13-31-25-21(22)6-7-23(29)24(25)30/h4-7,9-13,26,31-33H,3,8,14H2,1-2H3. The average molecular weight is 515 g/mol. The number of ether oxygens (including phenoxy) is 2. The summed E-state index contributed by atoms with van der Waals surface area (Å²) in [6.45, 7) is 2.12. The molecule has 0 bridgehead atoms. The number of aromatic nitrogens is 1. The second kappa shape index (κ2) is 11.0. The van der Waals surface area contributed by atoms with Crippen LogP contribution in [0.1, 0.15) is 40.9 Å². The van der Waals surface area contributed by atoms with E-state index in [-0.39, 0.29) is 23.1 Å². The van der Waals surface area contributed by atoms with Gasteiger partial charge in [0.1, 0.15) is 17.5 Å². The number of aromatic amines is 1.